The number of ether oxygens (including phenoxy) is 1. The van der Waals surface area contributed by atoms with Crippen molar-refractivity contribution < 1.29 is 9.53 Å². The molecule has 4 nitrogen and oxygen atoms in total. The van der Waals surface area contributed by atoms with Crippen LogP contribution in [0.15, 0.2) is 91.0 Å². The van der Waals surface area contributed by atoms with Gasteiger partial charge >= 0.3 is 0 Å². The number of hydrogen-bond acceptors (Lipinski definition) is 3. The van der Waals surface area contributed by atoms with E-state index in [1.165, 1.54) is 11.1 Å². The average Bonchev–Trinajstić information content (AvgIpc) is 2.85. The topological polar surface area (TPSA) is 32.8 Å². The number of carbonyl (C=O) groups is 1. The van der Waals surface area contributed by atoms with Crippen molar-refractivity contribution in [2.24, 2.45) is 0 Å². The van der Waals surface area contributed by atoms with Crippen molar-refractivity contribution >= 4 is 5.91 Å². The van der Waals surface area contributed by atoms with Gasteiger partial charge in [-0.2, -0.15) is 0 Å². The number of hydrogen-bond donors (Lipinski definition) is 0. The Balaban J connectivity index is 1.44. The second-order valence-corrected chi connectivity index (χ2v) is 7.91. The predicted molar refractivity (Wildman–Crippen MR) is 124 cm³/mol. The number of piperazine rings is 1. The summed E-state index contributed by atoms with van der Waals surface area (Å²) < 4.78 is 5.99. The first-order valence-electron chi connectivity index (χ1n) is 11.1. The number of rotatable bonds is 7. The molecule has 0 saturated carbocycles. The first-order valence-corrected chi connectivity index (χ1v) is 11.1. The third-order valence-electron chi connectivity index (χ3n) is 5.89. The largest absolute Gasteiger partial charge is 0.481 e. The van der Waals surface area contributed by atoms with Gasteiger partial charge in [-0.15, -0.1) is 0 Å². The average molecular weight is 415 g/mol. The highest BCUT2D eigenvalue weighted by molar-refractivity contribution is 5.81. The molecule has 0 spiro atoms. The molecule has 160 valence electrons. The van der Waals surface area contributed by atoms with Gasteiger partial charge in [-0.3, -0.25) is 9.69 Å². The van der Waals surface area contributed by atoms with Gasteiger partial charge in [0.2, 0.25) is 0 Å². The molecule has 31 heavy (non-hydrogen) atoms. The van der Waals surface area contributed by atoms with Crippen LogP contribution in [0.5, 0.6) is 5.75 Å². The third kappa shape index (κ3) is 5.15. The summed E-state index contributed by atoms with van der Waals surface area (Å²) in [7, 11) is 0. The van der Waals surface area contributed by atoms with Crippen molar-refractivity contribution in [3.05, 3.63) is 102 Å². The fourth-order valence-electron chi connectivity index (χ4n) is 4.26. The lowest BCUT2D eigenvalue weighted by molar-refractivity contribution is -0.140. The maximum Gasteiger partial charge on any atom is 0.263 e. The van der Waals surface area contributed by atoms with Crippen molar-refractivity contribution in [2.75, 3.05) is 26.2 Å². The van der Waals surface area contributed by atoms with Crippen molar-refractivity contribution in [3.63, 3.8) is 0 Å². The lowest BCUT2D eigenvalue weighted by Crippen LogP contribution is -2.53. The van der Waals surface area contributed by atoms with Crippen molar-refractivity contribution in [1.29, 1.82) is 0 Å². The SMILES string of the molecule is CC[C@@H](Oc1ccccc1)C(=O)N1CCN(C(c2ccccc2)c2ccccc2)CC1. The van der Waals surface area contributed by atoms with Gasteiger partial charge in [0.1, 0.15) is 5.75 Å². The third-order valence-corrected chi connectivity index (χ3v) is 5.89. The summed E-state index contributed by atoms with van der Waals surface area (Å²) in [6.07, 6.45) is 0.220. The summed E-state index contributed by atoms with van der Waals surface area (Å²) in [6.45, 7) is 5.10. The van der Waals surface area contributed by atoms with Crippen LogP contribution in [0, 0.1) is 0 Å². The molecular weight excluding hydrogens is 384 g/mol. The second kappa shape index (κ2) is 10.3. The summed E-state index contributed by atoms with van der Waals surface area (Å²) in [4.78, 5) is 17.6. The second-order valence-electron chi connectivity index (χ2n) is 7.91. The molecule has 1 aliphatic heterocycles. The highest BCUT2D eigenvalue weighted by Crippen LogP contribution is 2.29. The van der Waals surface area contributed by atoms with Gasteiger partial charge in [0.15, 0.2) is 6.10 Å². The van der Waals surface area contributed by atoms with E-state index < -0.39 is 6.10 Å². The molecule has 0 N–H and O–H groups in total. The minimum Gasteiger partial charge on any atom is -0.481 e. The standard InChI is InChI=1S/C27H30N2O2/c1-2-25(31-24-16-10-5-11-17-24)27(30)29-20-18-28(19-21-29)26(22-12-6-3-7-13-22)23-14-8-4-9-15-23/h3-17,25-26H,2,18-21H2,1H3/t25-/m1/s1. The molecule has 1 fully saturated rings. The number of para-hydroxylation sites is 1. The fraction of sp³-hybridized carbons (Fsp3) is 0.296. The zero-order valence-electron chi connectivity index (χ0n) is 18.1. The van der Waals surface area contributed by atoms with Crippen LogP contribution < -0.4 is 4.74 Å². The Hall–Kier alpha value is -3.11. The Morgan fingerprint density at radius 3 is 1.74 bits per heavy atom. The van der Waals surface area contributed by atoms with Gasteiger partial charge in [0.25, 0.3) is 5.91 Å². The van der Waals surface area contributed by atoms with E-state index in [9.17, 15) is 4.79 Å². The Morgan fingerprint density at radius 2 is 1.26 bits per heavy atom. The van der Waals surface area contributed by atoms with E-state index in [4.69, 9.17) is 4.74 Å². The summed E-state index contributed by atoms with van der Waals surface area (Å²) >= 11 is 0. The van der Waals surface area contributed by atoms with E-state index in [0.29, 0.717) is 19.5 Å². The number of amides is 1. The zero-order valence-corrected chi connectivity index (χ0v) is 18.1. The van der Waals surface area contributed by atoms with Crippen LogP contribution in [0.1, 0.15) is 30.5 Å². The normalized spacial score (nSPS) is 15.6. The van der Waals surface area contributed by atoms with E-state index >= 15 is 0 Å². The summed E-state index contributed by atoms with van der Waals surface area (Å²) in [5.74, 6) is 0.830. The molecule has 3 aromatic carbocycles. The summed E-state index contributed by atoms with van der Waals surface area (Å²) in [5.41, 5.74) is 2.57. The van der Waals surface area contributed by atoms with Gasteiger partial charge in [-0.05, 0) is 29.7 Å². The minimum absolute atomic E-state index is 0.0852. The highest BCUT2D eigenvalue weighted by atomic mass is 16.5. The Morgan fingerprint density at radius 1 is 0.774 bits per heavy atom. The van der Waals surface area contributed by atoms with Crippen LogP contribution in [0.4, 0.5) is 0 Å². The van der Waals surface area contributed by atoms with Crippen LogP contribution in [0.2, 0.25) is 0 Å². The molecule has 0 aliphatic carbocycles. The molecule has 1 aliphatic rings. The molecule has 4 rings (SSSR count). The van der Waals surface area contributed by atoms with Gasteiger partial charge in [-0.25, -0.2) is 0 Å². The van der Waals surface area contributed by atoms with Gasteiger partial charge in [0.05, 0.1) is 6.04 Å². The zero-order chi connectivity index (χ0) is 21.5. The summed E-state index contributed by atoms with van der Waals surface area (Å²) in [5, 5.41) is 0. The van der Waals surface area contributed by atoms with Crippen LogP contribution in [-0.4, -0.2) is 48.0 Å². The van der Waals surface area contributed by atoms with E-state index in [1.807, 2.05) is 42.2 Å². The highest BCUT2D eigenvalue weighted by Gasteiger charge is 2.31. The molecule has 3 aromatic rings. The van der Waals surface area contributed by atoms with Gasteiger partial charge < -0.3 is 9.64 Å². The Labute approximate surface area is 185 Å². The van der Waals surface area contributed by atoms with E-state index in [2.05, 4.69) is 65.6 Å². The molecule has 1 heterocycles. The molecule has 1 atom stereocenters. The smallest absolute Gasteiger partial charge is 0.263 e. The lowest BCUT2D eigenvalue weighted by Gasteiger charge is -2.40. The van der Waals surface area contributed by atoms with Crippen LogP contribution in [0.3, 0.4) is 0 Å². The molecule has 0 radical (unpaired) electrons. The predicted octanol–water partition coefficient (Wildman–Crippen LogP) is 4.78. The van der Waals surface area contributed by atoms with Crippen LogP contribution >= 0.6 is 0 Å². The van der Waals surface area contributed by atoms with Gasteiger partial charge in [-0.1, -0.05) is 85.8 Å². The van der Waals surface area contributed by atoms with Crippen molar-refractivity contribution in [3.8, 4) is 5.75 Å². The number of benzene rings is 3. The molecule has 1 amide bonds. The van der Waals surface area contributed by atoms with Crippen molar-refractivity contribution in [1.82, 2.24) is 9.80 Å². The lowest BCUT2D eigenvalue weighted by atomic mass is 9.96. The molecule has 4 heteroatoms. The number of nitrogens with zero attached hydrogens (tertiary/aromatic N) is 2. The van der Waals surface area contributed by atoms with Crippen LogP contribution in [-0.2, 0) is 4.79 Å². The molecular formula is C27H30N2O2. The summed E-state index contributed by atoms with van der Waals surface area (Å²) in [6, 6.07) is 31.1. The molecule has 0 bridgehead atoms. The molecule has 0 unspecified atom stereocenters. The first-order chi connectivity index (χ1) is 15.3. The minimum atomic E-state index is -0.437. The van der Waals surface area contributed by atoms with Crippen LogP contribution in [0.25, 0.3) is 0 Å². The molecule has 0 aromatic heterocycles. The monoisotopic (exact) mass is 414 g/mol. The Bertz CT molecular complexity index is 899. The van der Waals surface area contributed by atoms with E-state index in [1.54, 1.807) is 0 Å². The Kier molecular flexibility index (Phi) is 7.00. The van der Waals surface area contributed by atoms with E-state index in [-0.39, 0.29) is 11.9 Å². The first kappa shape index (κ1) is 21.1. The maximum absolute atomic E-state index is 13.1. The van der Waals surface area contributed by atoms with E-state index in [0.717, 1.165) is 18.8 Å². The number of carbonyl (C=O) groups excluding carboxylic acids is 1. The maximum atomic E-state index is 13.1. The molecule has 1 saturated heterocycles. The van der Waals surface area contributed by atoms with Crippen molar-refractivity contribution in [2.45, 2.75) is 25.5 Å². The fourth-order valence-corrected chi connectivity index (χ4v) is 4.26. The quantitative estimate of drug-likeness (QED) is 0.558. The van der Waals surface area contributed by atoms with Gasteiger partial charge in [0, 0.05) is 26.2 Å².